The minimum absolute atomic E-state index is 0.464. The third-order valence-electron chi connectivity index (χ3n) is 3.91. The van der Waals surface area contributed by atoms with Gasteiger partial charge in [-0.2, -0.15) is 12.6 Å². The van der Waals surface area contributed by atoms with Gasteiger partial charge in [0.15, 0.2) is 0 Å². The molecule has 2 nitrogen and oxygen atoms in total. The fraction of sp³-hybridized carbons (Fsp3) is 0.222. The number of aliphatic hydroxyl groups is 2. The quantitative estimate of drug-likeness (QED) is 0.507. The molecular formula is C18H18O2S. The molecule has 3 heteroatoms. The molecule has 2 N–H and O–H groups in total. The van der Waals surface area contributed by atoms with Crippen LogP contribution in [-0.4, -0.2) is 22.1 Å². The smallest absolute Gasteiger partial charge is 0.105 e. The molecule has 0 aliphatic heterocycles. The molecule has 3 aromatic rings. The highest BCUT2D eigenvalue weighted by Gasteiger charge is 2.20. The van der Waals surface area contributed by atoms with E-state index in [-0.39, 0.29) is 0 Å². The Morgan fingerprint density at radius 3 is 2.19 bits per heavy atom. The molecule has 3 aromatic carbocycles. The number of rotatable bonds is 4. The minimum atomic E-state index is -0.897. The molecule has 21 heavy (non-hydrogen) atoms. The molecule has 0 radical (unpaired) electrons. The van der Waals surface area contributed by atoms with Crippen LogP contribution in [0.2, 0.25) is 0 Å². The Hall–Kier alpha value is -1.55. The number of thiol groups is 1. The van der Waals surface area contributed by atoms with Crippen LogP contribution in [0.1, 0.15) is 18.1 Å². The SMILES string of the molecule is OC(CCS)C(O)c1cc2ccccc2c2ccccc12. The van der Waals surface area contributed by atoms with Gasteiger partial charge in [-0.15, -0.1) is 0 Å². The van der Waals surface area contributed by atoms with Crippen molar-refractivity contribution in [2.24, 2.45) is 0 Å². The van der Waals surface area contributed by atoms with Gasteiger partial charge in [0.2, 0.25) is 0 Å². The van der Waals surface area contributed by atoms with E-state index in [0.29, 0.717) is 12.2 Å². The number of hydrogen-bond donors (Lipinski definition) is 3. The lowest BCUT2D eigenvalue weighted by Crippen LogP contribution is -2.19. The normalized spacial score (nSPS) is 14.4. The fourth-order valence-electron chi connectivity index (χ4n) is 2.83. The number of fused-ring (bicyclic) bond motifs is 3. The first-order chi connectivity index (χ1) is 10.2. The van der Waals surface area contributed by atoms with Crippen LogP contribution < -0.4 is 0 Å². The zero-order valence-electron chi connectivity index (χ0n) is 11.6. The molecule has 0 spiro atoms. The summed E-state index contributed by atoms with van der Waals surface area (Å²) in [7, 11) is 0. The van der Waals surface area contributed by atoms with Crippen molar-refractivity contribution in [1.29, 1.82) is 0 Å². The Morgan fingerprint density at radius 2 is 1.48 bits per heavy atom. The zero-order chi connectivity index (χ0) is 14.8. The molecule has 0 aliphatic rings. The Balaban J connectivity index is 2.25. The molecular weight excluding hydrogens is 280 g/mol. The lowest BCUT2D eigenvalue weighted by atomic mass is 9.92. The van der Waals surface area contributed by atoms with Crippen LogP contribution in [0.25, 0.3) is 21.5 Å². The first kappa shape index (κ1) is 14.4. The molecule has 0 amide bonds. The standard InChI is InChI=1S/C18H18O2S/c19-17(9-10-21)18(20)16-11-12-5-1-2-6-13(12)14-7-3-4-8-15(14)16/h1-8,11,17-21H,9-10H2. The van der Waals surface area contributed by atoms with Crippen molar-refractivity contribution in [2.75, 3.05) is 5.75 Å². The molecule has 0 bridgehead atoms. The first-order valence-electron chi connectivity index (χ1n) is 7.09. The Kier molecular flexibility index (Phi) is 4.15. The van der Waals surface area contributed by atoms with E-state index in [2.05, 4.69) is 24.8 Å². The summed E-state index contributed by atoms with van der Waals surface area (Å²) in [6, 6.07) is 18.1. The van der Waals surface area contributed by atoms with Crippen molar-refractivity contribution < 1.29 is 10.2 Å². The fourth-order valence-corrected chi connectivity index (χ4v) is 3.09. The Morgan fingerprint density at radius 1 is 0.857 bits per heavy atom. The second-order valence-corrected chi connectivity index (χ2v) is 5.70. The van der Waals surface area contributed by atoms with Crippen LogP contribution in [0, 0.1) is 0 Å². The highest BCUT2D eigenvalue weighted by molar-refractivity contribution is 7.80. The molecule has 0 saturated heterocycles. The minimum Gasteiger partial charge on any atom is -0.390 e. The monoisotopic (exact) mass is 298 g/mol. The highest BCUT2D eigenvalue weighted by Crippen LogP contribution is 2.33. The van der Waals surface area contributed by atoms with Gasteiger partial charge in [0.1, 0.15) is 6.10 Å². The molecule has 108 valence electrons. The second-order valence-electron chi connectivity index (χ2n) is 5.26. The number of benzene rings is 3. The van der Waals surface area contributed by atoms with E-state index >= 15 is 0 Å². The lowest BCUT2D eigenvalue weighted by Gasteiger charge is -2.20. The van der Waals surface area contributed by atoms with E-state index in [1.165, 1.54) is 0 Å². The van der Waals surface area contributed by atoms with E-state index < -0.39 is 12.2 Å². The topological polar surface area (TPSA) is 40.5 Å². The van der Waals surface area contributed by atoms with Crippen LogP contribution in [0.4, 0.5) is 0 Å². The van der Waals surface area contributed by atoms with Gasteiger partial charge in [0.25, 0.3) is 0 Å². The van der Waals surface area contributed by atoms with Crippen molar-refractivity contribution in [1.82, 2.24) is 0 Å². The molecule has 0 fully saturated rings. The summed E-state index contributed by atoms with van der Waals surface area (Å²) in [6.45, 7) is 0. The van der Waals surface area contributed by atoms with Crippen LogP contribution in [0.15, 0.2) is 54.6 Å². The van der Waals surface area contributed by atoms with E-state index in [1.54, 1.807) is 0 Å². The van der Waals surface area contributed by atoms with E-state index in [9.17, 15) is 10.2 Å². The highest BCUT2D eigenvalue weighted by atomic mass is 32.1. The maximum absolute atomic E-state index is 10.5. The summed E-state index contributed by atoms with van der Waals surface area (Å²) < 4.78 is 0. The summed E-state index contributed by atoms with van der Waals surface area (Å²) in [6.07, 6.45) is -1.23. The molecule has 0 aliphatic carbocycles. The van der Waals surface area contributed by atoms with Gasteiger partial charge < -0.3 is 10.2 Å². The van der Waals surface area contributed by atoms with Gasteiger partial charge in [0, 0.05) is 0 Å². The van der Waals surface area contributed by atoms with Crippen molar-refractivity contribution in [3.8, 4) is 0 Å². The summed E-state index contributed by atoms with van der Waals surface area (Å²) in [4.78, 5) is 0. The molecule has 0 saturated carbocycles. The van der Waals surface area contributed by atoms with E-state index in [0.717, 1.165) is 27.1 Å². The van der Waals surface area contributed by atoms with Crippen molar-refractivity contribution >= 4 is 34.2 Å². The third-order valence-corrected chi connectivity index (χ3v) is 4.17. The second kappa shape index (κ2) is 6.06. The predicted octanol–water partition coefficient (Wildman–Crippen LogP) is 3.71. The van der Waals surface area contributed by atoms with Gasteiger partial charge >= 0.3 is 0 Å². The summed E-state index contributed by atoms with van der Waals surface area (Å²) in [5, 5.41) is 24.9. The average molecular weight is 298 g/mol. The van der Waals surface area contributed by atoms with Gasteiger partial charge in [0.05, 0.1) is 6.10 Å². The molecule has 3 rings (SSSR count). The summed E-state index contributed by atoms with van der Waals surface area (Å²) in [5.74, 6) is 0.545. The molecule has 0 aromatic heterocycles. The van der Waals surface area contributed by atoms with Gasteiger partial charge in [-0.3, -0.25) is 0 Å². The molecule has 2 atom stereocenters. The van der Waals surface area contributed by atoms with Gasteiger partial charge in [-0.1, -0.05) is 48.5 Å². The van der Waals surface area contributed by atoms with E-state index in [4.69, 9.17) is 0 Å². The first-order valence-corrected chi connectivity index (χ1v) is 7.73. The average Bonchev–Trinajstić information content (AvgIpc) is 2.53. The maximum Gasteiger partial charge on any atom is 0.105 e. The Bertz CT molecular complexity index is 769. The van der Waals surface area contributed by atoms with Crippen molar-refractivity contribution in [2.45, 2.75) is 18.6 Å². The maximum atomic E-state index is 10.5. The van der Waals surface area contributed by atoms with Crippen LogP contribution in [-0.2, 0) is 0 Å². The molecule has 2 unspecified atom stereocenters. The number of hydrogen-bond acceptors (Lipinski definition) is 3. The number of aliphatic hydroxyl groups excluding tert-OH is 2. The summed E-state index contributed by atoms with van der Waals surface area (Å²) >= 11 is 4.13. The van der Waals surface area contributed by atoms with Crippen LogP contribution in [0.3, 0.4) is 0 Å². The van der Waals surface area contributed by atoms with Crippen molar-refractivity contribution in [3.05, 3.63) is 60.2 Å². The predicted molar refractivity (Wildman–Crippen MR) is 90.9 cm³/mol. The zero-order valence-corrected chi connectivity index (χ0v) is 12.5. The van der Waals surface area contributed by atoms with Crippen LogP contribution in [0.5, 0.6) is 0 Å². The third kappa shape index (κ3) is 2.64. The largest absolute Gasteiger partial charge is 0.390 e. The van der Waals surface area contributed by atoms with Gasteiger partial charge in [-0.05, 0) is 45.3 Å². The molecule has 0 heterocycles. The van der Waals surface area contributed by atoms with Gasteiger partial charge in [-0.25, -0.2) is 0 Å². The van der Waals surface area contributed by atoms with Crippen molar-refractivity contribution in [3.63, 3.8) is 0 Å². The van der Waals surface area contributed by atoms with Crippen LogP contribution >= 0.6 is 12.6 Å². The lowest BCUT2D eigenvalue weighted by molar-refractivity contribution is 0.0182. The summed E-state index contributed by atoms with van der Waals surface area (Å²) in [5.41, 5.74) is 0.776. The van der Waals surface area contributed by atoms with E-state index in [1.807, 2.05) is 42.5 Å². The Labute approximate surface area is 129 Å².